The van der Waals surface area contributed by atoms with E-state index in [0.29, 0.717) is 17.2 Å². The Balaban J connectivity index is 2.09. The van der Waals surface area contributed by atoms with Crippen molar-refractivity contribution in [3.8, 4) is 5.88 Å². The van der Waals surface area contributed by atoms with Crippen molar-refractivity contribution in [1.29, 1.82) is 0 Å². The van der Waals surface area contributed by atoms with Crippen LogP contribution in [0.1, 0.15) is 51.6 Å². The van der Waals surface area contributed by atoms with E-state index in [1.54, 1.807) is 13.4 Å². The summed E-state index contributed by atoms with van der Waals surface area (Å²) >= 11 is 0. The second-order valence-electron chi connectivity index (χ2n) is 6.53. The number of aromatic nitrogens is 2. The number of hydrogen-bond donors (Lipinski definition) is 1. The van der Waals surface area contributed by atoms with E-state index in [2.05, 4.69) is 23.8 Å². The fourth-order valence-corrected chi connectivity index (χ4v) is 3.66. The third kappa shape index (κ3) is 3.48. The van der Waals surface area contributed by atoms with E-state index in [9.17, 15) is 0 Å². The molecule has 0 amide bonds. The first-order chi connectivity index (χ1) is 9.55. The van der Waals surface area contributed by atoms with Gasteiger partial charge >= 0.3 is 0 Å². The van der Waals surface area contributed by atoms with E-state index in [4.69, 9.17) is 10.5 Å². The molecule has 4 heteroatoms. The predicted molar refractivity (Wildman–Crippen MR) is 80.6 cm³/mol. The second-order valence-corrected chi connectivity index (χ2v) is 6.53. The minimum absolute atomic E-state index is 0.173. The Morgan fingerprint density at radius 1 is 1.30 bits per heavy atom. The summed E-state index contributed by atoms with van der Waals surface area (Å²) in [5.41, 5.74) is 7.87. The van der Waals surface area contributed by atoms with Crippen molar-refractivity contribution >= 4 is 0 Å². The molecule has 1 heterocycles. The van der Waals surface area contributed by atoms with Gasteiger partial charge in [0.15, 0.2) is 0 Å². The summed E-state index contributed by atoms with van der Waals surface area (Å²) in [6.45, 7) is 4.58. The Morgan fingerprint density at radius 2 is 2.00 bits per heavy atom. The fourth-order valence-electron chi connectivity index (χ4n) is 3.66. The zero-order valence-electron chi connectivity index (χ0n) is 12.9. The molecule has 1 aromatic rings. The van der Waals surface area contributed by atoms with E-state index in [0.717, 1.165) is 12.1 Å². The number of methoxy groups -OCH3 is 1. The van der Waals surface area contributed by atoms with Crippen LogP contribution in [0.4, 0.5) is 0 Å². The van der Waals surface area contributed by atoms with Crippen molar-refractivity contribution in [2.75, 3.05) is 7.11 Å². The molecule has 0 radical (unpaired) electrons. The van der Waals surface area contributed by atoms with Crippen LogP contribution in [0.25, 0.3) is 0 Å². The van der Waals surface area contributed by atoms with Gasteiger partial charge in [0, 0.05) is 24.2 Å². The van der Waals surface area contributed by atoms with Gasteiger partial charge in [-0.05, 0) is 30.6 Å². The monoisotopic (exact) mass is 277 g/mol. The second kappa shape index (κ2) is 6.53. The standard InChI is InChI=1S/C16H27N3O/c1-12(2)10-16(6-4-5-7-16)14(17)8-13-9-15(20-3)19-11-18-13/h9,11-12,14H,4-8,10,17H2,1-3H3. The highest BCUT2D eigenvalue weighted by atomic mass is 16.5. The lowest BCUT2D eigenvalue weighted by atomic mass is 9.71. The van der Waals surface area contributed by atoms with Gasteiger partial charge in [-0.3, -0.25) is 0 Å². The molecule has 1 atom stereocenters. The minimum Gasteiger partial charge on any atom is -0.481 e. The van der Waals surface area contributed by atoms with Crippen LogP contribution >= 0.6 is 0 Å². The van der Waals surface area contributed by atoms with Crippen LogP contribution in [0, 0.1) is 11.3 Å². The van der Waals surface area contributed by atoms with Gasteiger partial charge in [-0.15, -0.1) is 0 Å². The Hall–Kier alpha value is -1.16. The molecular weight excluding hydrogens is 250 g/mol. The molecule has 0 saturated heterocycles. The van der Waals surface area contributed by atoms with Crippen LogP contribution in [-0.2, 0) is 6.42 Å². The summed E-state index contributed by atoms with van der Waals surface area (Å²) < 4.78 is 5.16. The molecule has 20 heavy (non-hydrogen) atoms. The molecule has 1 aromatic heterocycles. The van der Waals surface area contributed by atoms with Crippen LogP contribution in [0.3, 0.4) is 0 Å². The van der Waals surface area contributed by atoms with E-state index >= 15 is 0 Å². The molecule has 2 N–H and O–H groups in total. The maximum Gasteiger partial charge on any atom is 0.216 e. The van der Waals surface area contributed by atoms with Gasteiger partial charge in [0.1, 0.15) is 6.33 Å². The largest absolute Gasteiger partial charge is 0.481 e. The molecule has 0 spiro atoms. The van der Waals surface area contributed by atoms with Crippen LogP contribution in [0.15, 0.2) is 12.4 Å². The summed E-state index contributed by atoms with van der Waals surface area (Å²) in [5, 5.41) is 0. The Kier molecular flexibility index (Phi) is 4.97. The number of rotatable bonds is 6. The van der Waals surface area contributed by atoms with E-state index in [-0.39, 0.29) is 6.04 Å². The van der Waals surface area contributed by atoms with E-state index in [1.807, 2.05) is 6.07 Å². The van der Waals surface area contributed by atoms with E-state index < -0.39 is 0 Å². The third-order valence-corrected chi connectivity index (χ3v) is 4.54. The average Bonchev–Trinajstić information content (AvgIpc) is 2.88. The van der Waals surface area contributed by atoms with Gasteiger partial charge in [0.25, 0.3) is 0 Å². The normalized spacial score (nSPS) is 19.2. The minimum atomic E-state index is 0.173. The maximum absolute atomic E-state index is 6.58. The van der Waals surface area contributed by atoms with Gasteiger partial charge in [-0.1, -0.05) is 26.7 Å². The first kappa shape index (κ1) is 15.2. The van der Waals surface area contributed by atoms with Crippen molar-refractivity contribution < 1.29 is 4.74 Å². The molecule has 112 valence electrons. The van der Waals surface area contributed by atoms with Crippen LogP contribution in [-0.4, -0.2) is 23.1 Å². The van der Waals surface area contributed by atoms with Crippen LogP contribution in [0.2, 0.25) is 0 Å². The zero-order valence-corrected chi connectivity index (χ0v) is 12.9. The summed E-state index contributed by atoms with van der Waals surface area (Å²) in [6.07, 6.45) is 8.73. The van der Waals surface area contributed by atoms with Gasteiger partial charge in [0.2, 0.25) is 5.88 Å². The molecule has 0 bridgehead atoms. The lowest BCUT2D eigenvalue weighted by molar-refractivity contribution is 0.180. The van der Waals surface area contributed by atoms with Gasteiger partial charge in [0.05, 0.1) is 7.11 Å². The van der Waals surface area contributed by atoms with Crippen molar-refractivity contribution in [2.45, 2.75) is 58.4 Å². The molecule has 2 rings (SSSR count). The summed E-state index contributed by atoms with van der Waals surface area (Å²) in [5.74, 6) is 1.31. The number of nitrogens with zero attached hydrogens (tertiary/aromatic N) is 2. The quantitative estimate of drug-likeness (QED) is 0.868. The van der Waals surface area contributed by atoms with Crippen molar-refractivity contribution in [3.05, 3.63) is 18.1 Å². The van der Waals surface area contributed by atoms with Crippen molar-refractivity contribution in [3.63, 3.8) is 0 Å². The van der Waals surface area contributed by atoms with Crippen LogP contribution in [0.5, 0.6) is 5.88 Å². The SMILES string of the molecule is COc1cc(CC(N)C2(CC(C)C)CCCC2)ncn1. The van der Waals surface area contributed by atoms with Gasteiger partial charge < -0.3 is 10.5 Å². The molecule has 1 saturated carbocycles. The number of hydrogen-bond acceptors (Lipinski definition) is 4. The highest BCUT2D eigenvalue weighted by Crippen LogP contribution is 2.45. The lowest BCUT2D eigenvalue weighted by Gasteiger charge is -2.37. The van der Waals surface area contributed by atoms with Gasteiger partial charge in [-0.25, -0.2) is 9.97 Å². The number of ether oxygens (including phenoxy) is 1. The molecule has 1 unspecified atom stereocenters. The predicted octanol–water partition coefficient (Wildman–Crippen LogP) is 2.96. The summed E-state index contributed by atoms with van der Waals surface area (Å²) in [6, 6.07) is 2.07. The topological polar surface area (TPSA) is 61.0 Å². The van der Waals surface area contributed by atoms with Crippen molar-refractivity contribution in [1.82, 2.24) is 9.97 Å². The highest BCUT2D eigenvalue weighted by molar-refractivity contribution is 5.15. The Labute approximate surface area is 122 Å². The smallest absolute Gasteiger partial charge is 0.216 e. The number of nitrogens with two attached hydrogens (primary N) is 1. The average molecular weight is 277 g/mol. The molecule has 1 fully saturated rings. The maximum atomic E-state index is 6.58. The van der Waals surface area contributed by atoms with E-state index in [1.165, 1.54) is 32.1 Å². The molecule has 0 aliphatic heterocycles. The first-order valence-corrected chi connectivity index (χ1v) is 7.66. The molecule has 4 nitrogen and oxygen atoms in total. The molecule has 1 aliphatic rings. The summed E-state index contributed by atoms with van der Waals surface area (Å²) in [4.78, 5) is 8.39. The molecular formula is C16H27N3O. The third-order valence-electron chi connectivity index (χ3n) is 4.54. The fraction of sp³-hybridized carbons (Fsp3) is 0.750. The lowest BCUT2D eigenvalue weighted by Crippen LogP contribution is -2.42. The summed E-state index contributed by atoms with van der Waals surface area (Å²) in [7, 11) is 1.63. The van der Waals surface area contributed by atoms with Gasteiger partial charge in [-0.2, -0.15) is 0 Å². The highest BCUT2D eigenvalue weighted by Gasteiger charge is 2.39. The van der Waals surface area contributed by atoms with Crippen LogP contribution < -0.4 is 10.5 Å². The first-order valence-electron chi connectivity index (χ1n) is 7.66. The Morgan fingerprint density at radius 3 is 2.60 bits per heavy atom. The molecule has 1 aliphatic carbocycles. The Bertz CT molecular complexity index is 427. The zero-order chi connectivity index (χ0) is 14.6. The molecule has 0 aromatic carbocycles. The van der Waals surface area contributed by atoms with Crippen molar-refractivity contribution in [2.24, 2.45) is 17.1 Å².